The van der Waals surface area contributed by atoms with Gasteiger partial charge in [0.25, 0.3) is 0 Å². The number of rotatable bonds is 4. The molecule has 4 heteroatoms. The maximum Gasteiger partial charge on any atom is 0.123 e. The highest BCUT2D eigenvalue weighted by atomic mass is 19.1. The van der Waals surface area contributed by atoms with Gasteiger partial charge in [-0.15, -0.1) is 0 Å². The van der Waals surface area contributed by atoms with Crippen LogP contribution in [0.4, 0.5) is 4.39 Å². The number of fused-ring (bicyclic) bond motifs is 1. The van der Waals surface area contributed by atoms with Crippen LogP contribution in [0.2, 0.25) is 0 Å². The van der Waals surface area contributed by atoms with Gasteiger partial charge in [0, 0.05) is 25.7 Å². The zero-order valence-corrected chi connectivity index (χ0v) is 11.1. The Morgan fingerprint density at radius 3 is 3.26 bits per heavy atom. The summed E-state index contributed by atoms with van der Waals surface area (Å²) in [6.07, 6.45) is 2.85. The molecule has 2 fully saturated rings. The highest BCUT2D eigenvalue weighted by molar-refractivity contribution is 5.15. The Hall–Kier alpha value is -0.970. The fourth-order valence-corrected chi connectivity index (χ4v) is 3.03. The molecule has 104 valence electrons. The van der Waals surface area contributed by atoms with Crippen molar-refractivity contribution < 1.29 is 9.13 Å². The van der Waals surface area contributed by atoms with E-state index < -0.39 is 0 Å². The quantitative estimate of drug-likeness (QED) is 0.897. The highest BCUT2D eigenvalue weighted by Gasteiger charge is 2.31. The number of nitrogens with zero attached hydrogens (tertiary/aromatic N) is 1. The Morgan fingerprint density at radius 2 is 2.37 bits per heavy atom. The number of benzene rings is 1. The maximum absolute atomic E-state index is 13.0. The number of ether oxygens (including phenoxy) is 1. The average molecular weight is 264 g/mol. The summed E-state index contributed by atoms with van der Waals surface area (Å²) in [6, 6.07) is 7.39. The fraction of sp³-hybridized carbons (Fsp3) is 0.600. The Labute approximate surface area is 113 Å². The summed E-state index contributed by atoms with van der Waals surface area (Å²) in [5.74, 6) is -0.173. The number of halogens is 1. The minimum Gasteiger partial charge on any atom is -0.374 e. The van der Waals surface area contributed by atoms with E-state index >= 15 is 0 Å². The molecule has 2 atom stereocenters. The molecule has 2 saturated heterocycles. The van der Waals surface area contributed by atoms with E-state index in [9.17, 15) is 4.39 Å². The van der Waals surface area contributed by atoms with Gasteiger partial charge >= 0.3 is 0 Å². The molecule has 0 amide bonds. The van der Waals surface area contributed by atoms with E-state index in [0.717, 1.165) is 25.3 Å². The molecule has 0 aliphatic carbocycles. The minimum atomic E-state index is -0.173. The van der Waals surface area contributed by atoms with E-state index in [2.05, 4.69) is 10.2 Å². The average Bonchev–Trinajstić information content (AvgIpc) is 2.86. The predicted molar refractivity (Wildman–Crippen MR) is 72.4 cm³/mol. The topological polar surface area (TPSA) is 24.5 Å². The zero-order chi connectivity index (χ0) is 13.1. The van der Waals surface area contributed by atoms with Gasteiger partial charge in [-0.3, -0.25) is 4.90 Å². The summed E-state index contributed by atoms with van der Waals surface area (Å²) in [5, 5.41) is 3.36. The molecule has 0 radical (unpaired) electrons. The molecule has 2 unspecified atom stereocenters. The molecule has 2 aliphatic rings. The third-order valence-corrected chi connectivity index (χ3v) is 4.05. The van der Waals surface area contributed by atoms with Gasteiger partial charge in [0.1, 0.15) is 5.82 Å². The molecule has 0 spiro atoms. The van der Waals surface area contributed by atoms with Crippen LogP contribution in [-0.2, 0) is 11.3 Å². The van der Waals surface area contributed by atoms with E-state index in [0.29, 0.717) is 12.6 Å². The van der Waals surface area contributed by atoms with Crippen LogP contribution in [0.5, 0.6) is 0 Å². The smallest absolute Gasteiger partial charge is 0.123 e. The summed E-state index contributed by atoms with van der Waals surface area (Å²) in [5.41, 5.74) is 0.981. The van der Waals surface area contributed by atoms with E-state index in [4.69, 9.17) is 4.74 Å². The fourth-order valence-electron chi connectivity index (χ4n) is 3.03. The van der Waals surface area contributed by atoms with Crippen molar-refractivity contribution in [2.75, 3.05) is 26.2 Å². The molecule has 1 aromatic carbocycles. The zero-order valence-electron chi connectivity index (χ0n) is 11.1. The summed E-state index contributed by atoms with van der Waals surface area (Å²) in [4.78, 5) is 2.54. The first-order valence-corrected chi connectivity index (χ1v) is 7.12. The Kier molecular flexibility index (Phi) is 4.11. The van der Waals surface area contributed by atoms with Crippen molar-refractivity contribution in [3.8, 4) is 0 Å². The standard InChI is InChI=1S/C15H21FN2O/c16-13-4-1-3-12(7-13)8-17-9-15-10-18-6-2-5-14(18)11-19-15/h1,3-4,7,14-15,17H,2,5-6,8-11H2. The third kappa shape index (κ3) is 3.32. The largest absolute Gasteiger partial charge is 0.374 e. The lowest BCUT2D eigenvalue weighted by Gasteiger charge is -2.35. The molecule has 2 heterocycles. The Bertz CT molecular complexity index is 426. The SMILES string of the molecule is Fc1cccc(CNCC2CN3CCCC3CO2)c1. The first-order valence-electron chi connectivity index (χ1n) is 7.12. The van der Waals surface area contributed by atoms with Gasteiger partial charge in [-0.1, -0.05) is 12.1 Å². The van der Waals surface area contributed by atoms with Crippen LogP contribution in [0.3, 0.4) is 0 Å². The highest BCUT2D eigenvalue weighted by Crippen LogP contribution is 2.22. The van der Waals surface area contributed by atoms with Crippen LogP contribution < -0.4 is 5.32 Å². The molecular weight excluding hydrogens is 243 g/mol. The normalized spacial score (nSPS) is 27.4. The van der Waals surface area contributed by atoms with Gasteiger partial charge in [0.05, 0.1) is 12.7 Å². The van der Waals surface area contributed by atoms with Crippen LogP contribution in [-0.4, -0.2) is 43.3 Å². The van der Waals surface area contributed by atoms with E-state index in [1.54, 1.807) is 12.1 Å². The van der Waals surface area contributed by atoms with Crippen LogP contribution in [0.15, 0.2) is 24.3 Å². The molecular formula is C15H21FN2O. The van der Waals surface area contributed by atoms with Gasteiger partial charge in [-0.2, -0.15) is 0 Å². The molecule has 0 bridgehead atoms. The number of hydrogen-bond acceptors (Lipinski definition) is 3. The minimum absolute atomic E-state index is 0.173. The van der Waals surface area contributed by atoms with E-state index in [1.165, 1.54) is 25.5 Å². The van der Waals surface area contributed by atoms with Crippen molar-refractivity contribution in [1.82, 2.24) is 10.2 Å². The first kappa shape index (κ1) is 13.0. The van der Waals surface area contributed by atoms with Crippen LogP contribution in [0.25, 0.3) is 0 Å². The lowest BCUT2D eigenvalue weighted by atomic mass is 10.2. The molecule has 0 saturated carbocycles. The lowest BCUT2D eigenvalue weighted by molar-refractivity contribution is -0.0470. The molecule has 3 rings (SSSR count). The van der Waals surface area contributed by atoms with Gasteiger partial charge in [0.2, 0.25) is 0 Å². The second kappa shape index (κ2) is 5.99. The van der Waals surface area contributed by atoms with Crippen molar-refractivity contribution >= 4 is 0 Å². The van der Waals surface area contributed by atoms with Gasteiger partial charge in [-0.05, 0) is 37.1 Å². The summed E-state index contributed by atoms with van der Waals surface area (Å²) in [6.45, 7) is 4.64. The van der Waals surface area contributed by atoms with Crippen molar-refractivity contribution in [2.45, 2.75) is 31.5 Å². The van der Waals surface area contributed by atoms with Crippen LogP contribution in [0, 0.1) is 5.82 Å². The summed E-state index contributed by atoms with van der Waals surface area (Å²) >= 11 is 0. The van der Waals surface area contributed by atoms with E-state index in [1.807, 2.05) is 6.07 Å². The maximum atomic E-state index is 13.0. The Morgan fingerprint density at radius 1 is 1.42 bits per heavy atom. The summed E-state index contributed by atoms with van der Waals surface area (Å²) in [7, 11) is 0. The van der Waals surface area contributed by atoms with Gasteiger partial charge < -0.3 is 10.1 Å². The van der Waals surface area contributed by atoms with Crippen molar-refractivity contribution in [3.05, 3.63) is 35.6 Å². The predicted octanol–water partition coefficient (Wildman–Crippen LogP) is 1.78. The van der Waals surface area contributed by atoms with Crippen LogP contribution >= 0.6 is 0 Å². The lowest BCUT2D eigenvalue weighted by Crippen LogP contribution is -2.49. The number of hydrogen-bond donors (Lipinski definition) is 1. The molecule has 0 aromatic heterocycles. The first-order chi connectivity index (χ1) is 9.31. The second-order valence-electron chi connectivity index (χ2n) is 5.51. The Balaban J connectivity index is 1.43. The number of morpholine rings is 1. The van der Waals surface area contributed by atoms with Crippen molar-refractivity contribution in [2.24, 2.45) is 0 Å². The molecule has 19 heavy (non-hydrogen) atoms. The van der Waals surface area contributed by atoms with Crippen LogP contribution in [0.1, 0.15) is 18.4 Å². The van der Waals surface area contributed by atoms with E-state index in [-0.39, 0.29) is 11.9 Å². The van der Waals surface area contributed by atoms with Gasteiger partial charge in [-0.25, -0.2) is 4.39 Å². The number of nitrogens with one attached hydrogen (secondary N) is 1. The van der Waals surface area contributed by atoms with Crippen molar-refractivity contribution in [1.29, 1.82) is 0 Å². The monoisotopic (exact) mass is 264 g/mol. The van der Waals surface area contributed by atoms with Crippen molar-refractivity contribution in [3.63, 3.8) is 0 Å². The summed E-state index contributed by atoms with van der Waals surface area (Å²) < 4.78 is 18.9. The molecule has 1 aromatic rings. The molecule has 2 aliphatic heterocycles. The molecule has 3 nitrogen and oxygen atoms in total. The van der Waals surface area contributed by atoms with Gasteiger partial charge in [0.15, 0.2) is 0 Å². The second-order valence-corrected chi connectivity index (χ2v) is 5.51. The third-order valence-electron chi connectivity index (χ3n) is 4.05. The molecule has 1 N–H and O–H groups in total.